The second-order valence-electron chi connectivity index (χ2n) is 3.82. The number of rotatable bonds is 6. The fourth-order valence-corrected chi connectivity index (χ4v) is 2.45. The van der Waals surface area contributed by atoms with E-state index in [9.17, 15) is 0 Å². The van der Waals surface area contributed by atoms with E-state index in [1.807, 2.05) is 48.4 Å². The van der Waals surface area contributed by atoms with Crippen molar-refractivity contribution in [1.29, 1.82) is 0 Å². The van der Waals surface area contributed by atoms with E-state index in [-0.39, 0.29) is 0 Å². The normalized spacial score (nSPS) is 12.5. The molecule has 4 heteroatoms. The summed E-state index contributed by atoms with van der Waals surface area (Å²) in [5.74, 6) is 0.978. The van der Waals surface area contributed by atoms with E-state index >= 15 is 0 Å². The predicted molar refractivity (Wildman–Crippen MR) is 70.0 cm³/mol. The predicted octanol–water partition coefficient (Wildman–Crippen LogP) is 2.95. The average Bonchev–Trinajstić information content (AvgIpc) is 2.83. The Morgan fingerprint density at radius 2 is 2.18 bits per heavy atom. The van der Waals surface area contributed by atoms with Crippen molar-refractivity contribution < 1.29 is 4.42 Å². The third-order valence-corrected chi connectivity index (χ3v) is 3.41. The van der Waals surface area contributed by atoms with E-state index in [1.165, 1.54) is 4.90 Å². The van der Waals surface area contributed by atoms with E-state index in [4.69, 9.17) is 4.42 Å². The van der Waals surface area contributed by atoms with Gasteiger partial charge in [0.2, 0.25) is 0 Å². The minimum absolute atomic E-state index is 0.521. The zero-order chi connectivity index (χ0) is 11.9. The number of nitrogens with zero attached hydrogens (tertiary/aromatic N) is 1. The van der Waals surface area contributed by atoms with Crippen LogP contribution in [0.1, 0.15) is 12.7 Å². The Balaban J connectivity index is 1.69. The van der Waals surface area contributed by atoms with Gasteiger partial charge in [0.15, 0.2) is 0 Å². The highest BCUT2D eigenvalue weighted by Crippen LogP contribution is 2.21. The second-order valence-corrected chi connectivity index (χ2v) is 5.33. The Labute approximate surface area is 106 Å². The van der Waals surface area contributed by atoms with E-state index in [2.05, 4.69) is 17.2 Å². The lowest BCUT2D eigenvalue weighted by Crippen LogP contribution is -2.21. The Bertz CT molecular complexity index is 416. The number of furan rings is 1. The van der Waals surface area contributed by atoms with Gasteiger partial charge in [0.05, 0.1) is 12.8 Å². The van der Waals surface area contributed by atoms with Crippen molar-refractivity contribution in [2.45, 2.75) is 23.6 Å². The highest BCUT2D eigenvalue weighted by atomic mass is 32.2. The molecule has 0 aromatic carbocycles. The van der Waals surface area contributed by atoms with Crippen molar-refractivity contribution in [3.63, 3.8) is 0 Å². The molecular formula is C13H16N2OS. The molecule has 0 saturated heterocycles. The Morgan fingerprint density at radius 1 is 1.35 bits per heavy atom. The third-order valence-electron chi connectivity index (χ3n) is 2.30. The van der Waals surface area contributed by atoms with Crippen LogP contribution in [-0.2, 0) is 6.54 Å². The summed E-state index contributed by atoms with van der Waals surface area (Å²) in [6.07, 6.45) is 5.35. The van der Waals surface area contributed by atoms with Gasteiger partial charge in [0.1, 0.15) is 5.76 Å². The van der Waals surface area contributed by atoms with Crippen LogP contribution in [0.5, 0.6) is 0 Å². The van der Waals surface area contributed by atoms with Gasteiger partial charge in [-0.2, -0.15) is 0 Å². The fourth-order valence-electron chi connectivity index (χ4n) is 1.50. The first-order valence-corrected chi connectivity index (χ1v) is 6.52. The SMILES string of the molecule is CC(CNCc1ccco1)Sc1ccncc1. The maximum Gasteiger partial charge on any atom is 0.117 e. The van der Waals surface area contributed by atoms with Crippen LogP contribution in [0, 0.1) is 0 Å². The lowest BCUT2D eigenvalue weighted by molar-refractivity contribution is 0.484. The van der Waals surface area contributed by atoms with Crippen molar-refractivity contribution in [1.82, 2.24) is 10.3 Å². The molecule has 17 heavy (non-hydrogen) atoms. The fraction of sp³-hybridized carbons (Fsp3) is 0.308. The molecule has 1 unspecified atom stereocenters. The summed E-state index contributed by atoms with van der Waals surface area (Å²) in [5, 5.41) is 3.90. The summed E-state index contributed by atoms with van der Waals surface area (Å²) in [5.41, 5.74) is 0. The molecule has 0 radical (unpaired) electrons. The standard InChI is InChI=1S/C13H16N2OS/c1-11(17-13-4-6-14-7-5-13)9-15-10-12-3-2-8-16-12/h2-8,11,15H,9-10H2,1H3. The minimum atomic E-state index is 0.521. The van der Waals surface area contributed by atoms with Gasteiger partial charge in [-0.1, -0.05) is 6.92 Å². The topological polar surface area (TPSA) is 38.1 Å². The largest absolute Gasteiger partial charge is 0.468 e. The summed E-state index contributed by atoms with van der Waals surface area (Å²) in [7, 11) is 0. The molecule has 1 N–H and O–H groups in total. The van der Waals surface area contributed by atoms with Crippen LogP contribution in [0.15, 0.2) is 52.2 Å². The second kappa shape index (κ2) is 6.47. The molecule has 0 aliphatic heterocycles. The van der Waals surface area contributed by atoms with Crippen LogP contribution in [-0.4, -0.2) is 16.8 Å². The zero-order valence-electron chi connectivity index (χ0n) is 9.80. The van der Waals surface area contributed by atoms with Gasteiger partial charge >= 0.3 is 0 Å². The van der Waals surface area contributed by atoms with E-state index in [0.29, 0.717) is 5.25 Å². The van der Waals surface area contributed by atoms with Crippen LogP contribution < -0.4 is 5.32 Å². The first-order valence-electron chi connectivity index (χ1n) is 5.64. The van der Waals surface area contributed by atoms with Crippen molar-refractivity contribution in [3.05, 3.63) is 48.7 Å². The molecule has 0 aliphatic carbocycles. The molecule has 0 aliphatic rings. The van der Waals surface area contributed by atoms with Gasteiger partial charge in [0.25, 0.3) is 0 Å². The maximum atomic E-state index is 5.26. The quantitative estimate of drug-likeness (QED) is 0.798. The molecule has 0 fully saturated rings. The number of pyridine rings is 1. The van der Waals surface area contributed by atoms with Gasteiger partial charge in [-0.15, -0.1) is 11.8 Å². The molecular weight excluding hydrogens is 232 g/mol. The first kappa shape index (κ1) is 12.2. The van der Waals surface area contributed by atoms with Gasteiger partial charge < -0.3 is 9.73 Å². The smallest absolute Gasteiger partial charge is 0.117 e. The van der Waals surface area contributed by atoms with Gasteiger partial charge in [0, 0.05) is 29.1 Å². The zero-order valence-corrected chi connectivity index (χ0v) is 10.6. The van der Waals surface area contributed by atoms with Gasteiger partial charge in [-0.3, -0.25) is 4.98 Å². The van der Waals surface area contributed by atoms with E-state index < -0.39 is 0 Å². The summed E-state index contributed by atoms with van der Waals surface area (Å²) < 4.78 is 5.26. The molecule has 2 aromatic heterocycles. The molecule has 0 amide bonds. The molecule has 90 valence electrons. The lowest BCUT2D eigenvalue weighted by Gasteiger charge is -2.11. The van der Waals surface area contributed by atoms with Gasteiger partial charge in [-0.25, -0.2) is 0 Å². The van der Waals surface area contributed by atoms with Crippen LogP contribution in [0.25, 0.3) is 0 Å². The Hall–Kier alpha value is -1.26. The molecule has 0 bridgehead atoms. The first-order chi connectivity index (χ1) is 8.34. The van der Waals surface area contributed by atoms with Crippen molar-refractivity contribution in [3.8, 4) is 0 Å². The third kappa shape index (κ3) is 4.24. The van der Waals surface area contributed by atoms with Gasteiger partial charge in [-0.05, 0) is 24.3 Å². The van der Waals surface area contributed by atoms with E-state index in [1.54, 1.807) is 6.26 Å². The molecule has 2 aromatic rings. The highest BCUT2D eigenvalue weighted by molar-refractivity contribution is 8.00. The monoisotopic (exact) mass is 248 g/mol. The van der Waals surface area contributed by atoms with Crippen LogP contribution in [0.2, 0.25) is 0 Å². The Kier molecular flexibility index (Phi) is 4.64. The molecule has 2 rings (SSSR count). The number of thioether (sulfide) groups is 1. The van der Waals surface area contributed by atoms with Crippen LogP contribution >= 0.6 is 11.8 Å². The molecule has 0 saturated carbocycles. The molecule has 0 spiro atoms. The summed E-state index contributed by atoms with van der Waals surface area (Å²) in [6.45, 7) is 3.95. The van der Waals surface area contributed by atoms with Crippen molar-refractivity contribution in [2.24, 2.45) is 0 Å². The average molecular weight is 248 g/mol. The van der Waals surface area contributed by atoms with Crippen molar-refractivity contribution >= 4 is 11.8 Å². The summed E-state index contributed by atoms with van der Waals surface area (Å²) in [4.78, 5) is 5.26. The maximum absolute atomic E-state index is 5.26. The molecule has 3 nitrogen and oxygen atoms in total. The number of aromatic nitrogens is 1. The Morgan fingerprint density at radius 3 is 2.88 bits per heavy atom. The molecule has 1 atom stereocenters. The highest BCUT2D eigenvalue weighted by Gasteiger charge is 2.04. The number of hydrogen-bond acceptors (Lipinski definition) is 4. The summed E-state index contributed by atoms with van der Waals surface area (Å²) >= 11 is 1.85. The molecule has 2 heterocycles. The number of hydrogen-bond donors (Lipinski definition) is 1. The number of nitrogens with one attached hydrogen (secondary N) is 1. The van der Waals surface area contributed by atoms with Crippen molar-refractivity contribution in [2.75, 3.05) is 6.54 Å². The lowest BCUT2D eigenvalue weighted by atomic mass is 10.4. The summed E-state index contributed by atoms with van der Waals surface area (Å²) in [6, 6.07) is 7.96. The van der Waals surface area contributed by atoms with Crippen LogP contribution in [0.3, 0.4) is 0 Å². The van der Waals surface area contributed by atoms with Crippen LogP contribution in [0.4, 0.5) is 0 Å². The minimum Gasteiger partial charge on any atom is -0.468 e. The van der Waals surface area contributed by atoms with E-state index in [0.717, 1.165) is 18.8 Å².